The van der Waals surface area contributed by atoms with Crippen LogP contribution in [-0.4, -0.2) is 0 Å². The SMILES string of the molecule is c1ccc(N(c2ccccc2)c2cc(-c3ccc4ccccc4c3)c3oc4ccc5oc6ccccc6c5c4c3c2)cc1. The van der Waals surface area contributed by atoms with E-state index < -0.39 is 0 Å². The summed E-state index contributed by atoms with van der Waals surface area (Å²) in [7, 11) is 0. The minimum Gasteiger partial charge on any atom is -0.456 e. The molecule has 7 aromatic carbocycles. The second-order valence-corrected chi connectivity index (χ2v) is 11.0. The number of rotatable bonds is 4. The summed E-state index contributed by atoms with van der Waals surface area (Å²) in [4.78, 5) is 2.32. The predicted octanol–water partition coefficient (Wildman–Crippen LogP) is 11.8. The largest absolute Gasteiger partial charge is 0.456 e. The van der Waals surface area contributed by atoms with Gasteiger partial charge in [0.1, 0.15) is 22.3 Å². The summed E-state index contributed by atoms with van der Waals surface area (Å²) in [6.45, 7) is 0. The number of hydrogen-bond acceptors (Lipinski definition) is 3. The molecule has 0 fully saturated rings. The van der Waals surface area contributed by atoms with Crippen molar-refractivity contribution >= 4 is 71.7 Å². The van der Waals surface area contributed by atoms with Crippen LogP contribution in [0.2, 0.25) is 0 Å². The Kier molecular flexibility index (Phi) is 5.20. The maximum absolute atomic E-state index is 6.76. The van der Waals surface area contributed by atoms with E-state index in [-0.39, 0.29) is 0 Å². The normalized spacial score (nSPS) is 11.7. The molecule has 0 radical (unpaired) electrons. The van der Waals surface area contributed by atoms with Gasteiger partial charge < -0.3 is 13.7 Å². The van der Waals surface area contributed by atoms with Crippen LogP contribution in [0, 0.1) is 0 Å². The molecule has 0 aliphatic carbocycles. The van der Waals surface area contributed by atoms with Gasteiger partial charge in [-0.15, -0.1) is 0 Å². The Bertz CT molecular complexity index is 2410. The lowest BCUT2D eigenvalue weighted by Crippen LogP contribution is -2.09. The van der Waals surface area contributed by atoms with Crippen molar-refractivity contribution in [3.63, 3.8) is 0 Å². The van der Waals surface area contributed by atoms with Crippen LogP contribution in [0.25, 0.3) is 65.8 Å². The summed E-state index contributed by atoms with van der Waals surface area (Å²) in [5.74, 6) is 0. The molecular weight excluding hydrogens is 526 g/mol. The Morgan fingerprint density at radius 1 is 0.395 bits per heavy atom. The molecule has 9 aromatic rings. The summed E-state index contributed by atoms with van der Waals surface area (Å²) in [6, 6.07) is 53.1. The van der Waals surface area contributed by atoms with Crippen molar-refractivity contribution in [2.24, 2.45) is 0 Å². The molecule has 2 aromatic heterocycles. The molecule has 0 saturated heterocycles. The molecule has 0 saturated carbocycles. The molecular formula is C40H25NO2. The minimum absolute atomic E-state index is 0.846. The zero-order chi connectivity index (χ0) is 28.3. The van der Waals surface area contributed by atoms with E-state index in [1.54, 1.807) is 0 Å². The van der Waals surface area contributed by atoms with Crippen LogP contribution >= 0.6 is 0 Å². The van der Waals surface area contributed by atoms with Crippen molar-refractivity contribution in [2.75, 3.05) is 4.90 Å². The van der Waals surface area contributed by atoms with Crippen molar-refractivity contribution in [1.82, 2.24) is 0 Å². The van der Waals surface area contributed by atoms with Gasteiger partial charge in [-0.3, -0.25) is 0 Å². The monoisotopic (exact) mass is 551 g/mol. The first-order valence-electron chi connectivity index (χ1n) is 14.5. The van der Waals surface area contributed by atoms with Gasteiger partial charge in [-0.1, -0.05) is 91.0 Å². The molecule has 0 bridgehead atoms. The van der Waals surface area contributed by atoms with Gasteiger partial charge >= 0.3 is 0 Å². The van der Waals surface area contributed by atoms with Gasteiger partial charge in [0, 0.05) is 44.2 Å². The summed E-state index contributed by atoms with van der Waals surface area (Å²) in [5.41, 5.74) is 8.84. The Balaban J connectivity index is 1.43. The Hall–Kier alpha value is -5.80. The van der Waals surface area contributed by atoms with Crippen LogP contribution in [0.1, 0.15) is 0 Å². The van der Waals surface area contributed by atoms with Crippen LogP contribution in [0.3, 0.4) is 0 Å². The number of furan rings is 2. The molecule has 2 heterocycles. The molecule has 3 nitrogen and oxygen atoms in total. The number of anilines is 3. The number of para-hydroxylation sites is 3. The maximum Gasteiger partial charge on any atom is 0.143 e. The van der Waals surface area contributed by atoms with Crippen molar-refractivity contribution in [3.05, 3.63) is 152 Å². The van der Waals surface area contributed by atoms with E-state index in [0.717, 1.165) is 72.1 Å². The predicted molar refractivity (Wildman–Crippen MR) is 179 cm³/mol. The van der Waals surface area contributed by atoms with Gasteiger partial charge in [0.25, 0.3) is 0 Å². The summed E-state index contributed by atoms with van der Waals surface area (Å²) in [6.07, 6.45) is 0. The van der Waals surface area contributed by atoms with Crippen LogP contribution in [-0.2, 0) is 0 Å². The van der Waals surface area contributed by atoms with Crippen molar-refractivity contribution < 1.29 is 8.83 Å². The first-order chi connectivity index (χ1) is 21.3. The van der Waals surface area contributed by atoms with Gasteiger partial charge in [-0.05, 0) is 77.0 Å². The van der Waals surface area contributed by atoms with Crippen molar-refractivity contribution in [3.8, 4) is 11.1 Å². The lowest BCUT2D eigenvalue weighted by molar-refractivity contribution is 0.663. The summed E-state index contributed by atoms with van der Waals surface area (Å²) >= 11 is 0. The third kappa shape index (κ3) is 3.75. The number of nitrogens with zero attached hydrogens (tertiary/aromatic N) is 1. The van der Waals surface area contributed by atoms with Crippen LogP contribution in [0.15, 0.2) is 160 Å². The molecule has 0 aliphatic rings. The van der Waals surface area contributed by atoms with Gasteiger partial charge in [-0.25, -0.2) is 0 Å². The standard InChI is InChI=1S/C40H25NO2/c1-3-13-29(14-4-1)41(30-15-5-2-6-16-30)31-24-33(28-20-19-26-11-7-8-12-27(26)23-28)40-34(25-31)39-37(43-40)22-21-36-38(39)32-17-9-10-18-35(32)42-36/h1-25H. The lowest BCUT2D eigenvalue weighted by atomic mass is 9.97. The van der Waals surface area contributed by atoms with Gasteiger partial charge in [0.15, 0.2) is 0 Å². The van der Waals surface area contributed by atoms with Crippen LogP contribution < -0.4 is 4.90 Å². The molecule has 9 rings (SSSR count). The highest BCUT2D eigenvalue weighted by Crippen LogP contribution is 2.46. The quantitative estimate of drug-likeness (QED) is 0.218. The van der Waals surface area contributed by atoms with Crippen molar-refractivity contribution in [2.45, 2.75) is 0 Å². The van der Waals surface area contributed by atoms with Gasteiger partial charge in [0.05, 0.1) is 0 Å². The maximum atomic E-state index is 6.76. The number of fused-ring (bicyclic) bond motifs is 8. The lowest BCUT2D eigenvalue weighted by Gasteiger charge is -2.26. The Morgan fingerprint density at radius 3 is 1.79 bits per heavy atom. The topological polar surface area (TPSA) is 29.5 Å². The average molecular weight is 552 g/mol. The molecule has 43 heavy (non-hydrogen) atoms. The van der Waals surface area contributed by atoms with E-state index in [2.05, 4.69) is 132 Å². The van der Waals surface area contributed by atoms with E-state index in [4.69, 9.17) is 8.83 Å². The van der Waals surface area contributed by atoms with Crippen LogP contribution in [0.4, 0.5) is 17.1 Å². The van der Waals surface area contributed by atoms with Crippen LogP contribution in [0.5, 0.6) is 0 Å². The molecule has 0 atom stereocenters. The van der Waals surface area contributed by atoms with Gasteiger partial charge in [-0.2, -0.15) is 0 Å². The second kappa shape index (κ2) is 9.37. The first kappa shape index (κ1) is 23.9. The fourth-order valence-corrected chi connectivity index (χ4v) is 6.47. The van der Waals surface area contributed by atoms with Gasteiger partial charge in [0.2, 0.25) is 0 Å². The molecule has 0 amide bonds. The summed E-state index contributed by atoms with van der Waals surface area (Å²) in [5, 5.41) is 6.71. The fourth-order valence-electron chi connectivity index (χ4n) is 6.47. The smallest absolute Gasteiger partial charge is 0.143 e. The van der Waals surface area contributed by atoms with E-state index in [0.29, 0.717) is 0 Å². The molecule has 202 valence electrons. The average Bonchev–Trinajstić information content (AvgIpc) is 3.63. The van der Waals surface area contributed by atoms with E-state index in [1.807, 2.05) is 24.3 Å². The highest BCUT2D eigenvalue weighted by atomic mass is 16.3. The second-order valence-electron chi connectivity index (χ2n) is 11.0. The Labute approximate surface area is 247 Å². The third-order valence-electron chi connectivity index (χ3n) is 8.41. The zero-order valence-electron chi connectivity index (χ0n) is 23.2. The highest BCUT2D eigenvalue weighted by molar-refractivity contribution is 6.27. The minimum atomic E-state index is 0.846. The first-order valence-corrected chi connectivity index (χ1v) is 14.5. The molecule has 0 aliphatic heterocycles. The fraction of sp³-hybridized carbons (Fsp3) is 0. The molecule has 3 heteroatoms. The molecule has 0 N–H and O–H groups in total. The molecule has 0 spiro atoms. The number of hydrogen-bond donors (Lipinski definition) is 0. The van der Waals surface area contributed by atoms with E-state index >= 15 is 0 Å². The zero-order valence-corrected chi connectivity index (χ0v) is 23.2. The highest BCUT2D eigenvalue weighted by Gasteiger charge is 2.22. The summed E-state index contributed by atoms with van der Waals surface area (Å²) < 4.78 is 13.1. The van der Waals surface area contributed by atoms with E-state index in [1.165, 1.54) is 10.8 Å². The Morgan fingerprint density at radius 2 is 1.02 bits per heavy atom. The molecule has 0 unspecified atom stereocenters. The third-order valence-corrected chi connectivity index (χ3v) is 8.41. The number of benzene rings is 7. The van der Waals surface area contributed by atoms with Crippen molar-refractivity contribution in [1.29, 1.82) is 0 Å². The van der Waals surface area contributed by atoms with E-state index in [9.17, 15) is 0 Å².